The van der Waals surface area contributed by atoms with E-state index in [0.717, 1.165) is 0 Å². The molecule has 11 heavy (non-hydrogen) atoms. The predicted molar refractivity (Wildman–Crippen MR) is 37.5 cm³/mol. The Morgan fingerprint density at radius 1 is 1.73 bits per heavy atom. The molecule has 0 aromatic carbocycles. The van der Waals surface area contributed by atoms with E-state index in [1.54, 1.807) is 0 Å². The zero-order valence-corrected chi connectivity index (χ0v) is 6.63. The van der Waals surface area contributed by atoms with E-state index in [2.05, 4.69) is 9.40 Å². The molecule has 0 fully saturated rings. The van der Waals surface area contributed by atoms with Gasteiger partial charge < -0.3 is 9.52 Å². The average Bonchev–Trinajstić information content (AvgIpc) is 2.37. The third-order valence-electron chi connectivity index (χ3n) is 0.970. The fourth-order valence-electron chi connectivity index (χ4n) is 0.470. The summed E-state index contributed by atoms with van der Waals surface area (Å²) in [6.45, 7) is 0. The molecule has 0 unspecified atom stereocenters. The van der Waals surface area contributed by atoms with Gasteiger partial charge >= 0.3 is 5.97 Å². The smallest absolute Gasteiger partial charge is 0.350 e. The van der Waals surface area contributed by atoms with Crippen molar-refractivity contribution in [3.8, 4) is 0 Å². The van der Waals surface area contributed by atoms with Crippen LogP contribution in [-0.2, 0) is 9.13 Å². The van der Waals surface area contributed by atoms with Crippen molar-refractivity contribution in [3.63, 3.8) is 0 Å². The van der Waals surface area contributed by atoms with E-state index in [0.29, 0.717) is 0 Å². The molecule has 0 saturated carbocycles. The highest BCUT2D eigenvalue weighted by atomic mass is 35.5. The van der Waals surface area contributed by atoms with Crippen molar-refractivity contribution < 1.29 is 14.3 Å². The van der Waals surface area contributed by atoms with E-state index in [4.69, 9.17) is 28.3 Å². The molecule has 60 valence electrons. The second kappa shape index (κ2) is 2.71. The summed E-state index contributed by atoms with van der Waals surface area (Å²) in [6, 6.07) is 0. The van der Waals surface area contributed by atoms with Crippen molar-refractivity contribution >= 4 is 29.2 Å². The fourth-order valence-corrected chi connectivity index (χ4v) is 0.657. The summed E-state index contributed by atoms with van der Waals surface area (Å²) < 4.78 is 2.51. The number of carbonyl (C=O) groups is 1. The Morgan fingerprint density at radius 3 is 2.73 bits per heavy atom. The number of aliphatic carboxylic acids is 1. The van der Waals surface area contributed by atoms with Crippen LogP contribution >= 0.6 is 23.2 Å². The summed E-state index contributed by atoms with van der Waals surface area (Å²) in [6.07, 6.45) is 2.45. The van der Waals surface area contributed by atoms with Crippen molar-refractivity contribution in [1.82, 2.24) is 4.98 Å². The lowest BCUT2D eigenvalue weighted by Crippen LogP contribution is -2.22. The van der Waals surface area contributed by atoms with Crippen molar-refractivity contribution in [2.45, 2.75) is 4.33 Å². The number of oxazole rings is 1. The van der Waals surface area contributed by atoms with Crippen LogP contribution in [-0.4, -0.2) is 16.1 Å². The van der Waals surface area contributed by atoms with E-state index in [9.17, 15) is 4.79 Å². The number of hydrogen-bond donors (Lipinski definition) is 1. The Balaban J connectivity index is 3.00. The minimum atomic E-state index is -2.09. The quantitative estimate of drug-likeness (QED) is 0.725. The SMILES string of the molecule is O=C(O)C(Cl)(Cl)c1ncco1. The highest BCUT2D eigenvalue weighted by molar-refractivity contribution is 6.56. The normalized spacial score (nSPS) is 11.5. The van der Waals surface area contributed by atoms with Crippen LogP contribution in [0.5, 0.6) is 0 Å². The molecule has 1 aromatic heterocycles. The molecule has 1 aromatic rings. The minimum absolute atomic E-state index is 0.242. The highest BCUT2D eigenvalue weighted by Crippen LogP contribution is 2.32. The first-order chi connectivity index (χ1) is 5.05. The van der Waals surface area contributed by atoms with Crippen LogP contribution in [0.3, 0.4) is 0 Å². The van der Waals surface area contributed by atoms with Gasteiger partial charge in [-0.2, -0.15) is 0 Å². The molecular formula is C5H3Cl2NO3. The summed E-state index contributed by atoms with van der Waals surface area (Å²) >= 11 is 10.7. The Morgan fingerprint density at radius 2 is 2.36 bits per heavy atom. The molecule has 0 aliphatic rings. The Labute approximate surface area is 71.7 Å². The van der Waals surface area contributed by atoms with Crippen LogP contribution in [0.25, 0.3) is 0 Å². The first-order valence-electron chi connectivity index (χ1n) is 2.56. The molecule has 1 N–H and O–H groups in total. The number of alkyl halides is 2. The van der Waals surface area contributed by atoms with Gasteiger partial charge in [0.1, 0.15) is 6.26 Å². The molecule has 0 aliphatic heterocycles. The van der Waals surface area contributed by atoms with E-state index in [1.165, 1.54) is 12.5 Å². The van der Waals surface area contributed by atoms with Crippen molar-refractivity contribution in [2.75, 3.05) is 0 Å². The summed E-state index contributed by atoms with van der Waals surface area (Å²) in [5, 5.41) is 8.45. The molecular weight excluding hydrogens is 193 g/mol. The van der Waals surface area contributed by atoms with Crippen LogP contribution in [0.2, 0.25) is 0 Å². The average molecular weight is 196 g/mol. The second-order valence-electron chi connectivity index (χ2n) is 1.72. The number of carboxylic acid groups (broad SMARTS) is 1. The minimum Gasteiger partial charge on any atom is -0.479 e. The summed E-state index contributed by atoms with van der Waals surface area (Å²) in [5.74, 6) is -1.66. The summed E-state index contributed by atoms with van der Waals surface area (Å²) in [7, 11) is 0. The van der Waals surface area contributed by atoms with Crippen LogP contribution in [0.1, 0.15) is 5.89 Å². The maximum atomic E-state index is 10.4. The van der Waals surface area contributed by atoms with Gasteiger partial charge in [-0.15, -0.1) is 0 Å². The Hall–Kier alpha value is -0.740. The molecule has 0 spiro atoms. The van der Waals surface area contributed by atoms with Crippen molar-refractivity contribution in [3.05, 3.63) is 18.4 Å². The lowest BCUT2D eigenvalue weighted by Gasteiger charge is -2.07. The van der Waals surface area contributed by atoms with E-state index < -0.39 is 10.3 Å². The van der Waals surface area contributed by atoms with Crippen molar-refractivity contribution in [2.24, 2.45) is 0 Å². The third-order valence-corrected chi connectivity index (χ3v) is 1.62. The zero-order chi connectivity index (χ0) is 8.48. The number of carboxylic acids is 1. The first-order valence-corrected chi connectivity index (χ1v) is 3.32. The number of aromatic nitrogens is 1. The molecule has 4 nitrogen and oxygen atoms in total. The summed E-state index contributed by atoms with van der Waals surface area (Å²) in [4.78, 5) is 13.9. The van der Waals surface area contributed by atoms with Gasteiger partial charge in [0, 0.05) is 0 Å². The van der Waals surface area contributed by atoms with Crippen LogP contribution < -0.4 is 0 Å². The molecule has 0 aliphatic carbocycles. The molecule has 6 heteroatoms. The summed E-state index contributed by atoms with van der Waals surface area (Å²) in [5.41, 5.74) is 0. The third kappa shape index (κ3) is 1.46. The number of halogens is 2. The highest BCUT2D eigenvalue weighted by Gasteiger charge is 2.40. The van der Waals surface area contributed by atoms with Gasteiger partial charge in [-0.1, -0.05) is 23.2 Å². The predicted octanol–water partition coefficient (Wildman–Crippen LogP) is 1.39. The monoisotopic (exact) mass is 195 g/mol. The molecule has 0 radical (unpaired) electrons. The molecule has 1 rings (SSSR count). The van der Waals surface area contributed by atoms with Crippen LogP contribution in [0.4, 0.5) is 0 Å². The number of hydrogen-bond acceptors (Lipinski definition) is 3. The molecule has 0 saturated heterocycles. The van der Waals surface area contributed by atoms with Gasteiger partial charge in [-0.05, 0) is 0 Å². The van der Waals surface area contributed by atoms with Gasteiger partial charge in [0.05, 0.1) is 6.20 Å². The molecule has 0 bridgehead atoms. The lowest BCUT2D eigenvalue weighted by molar-refractivity contribution is -0.138. The van der Waals surface area contributed by atoms with E-state index >= 15 is 0 Å². The Bertz CT molecular complexity index is 257. The van der Waals surface area contributed by atoms with E-state index in [-0.39, 0.29) is 5.89 Å². The Kier molecular flexibility index (Phi) is 2.06. The maximum absolute atomic E-state index is 10.4. The van der Waals surface area contributed by atoms with Gasteiger partial charge in [-0.25, -0.2) is 9.78 Å². The topological polar surface area (TPSA) is 63.3 Å². The molecule has 0 atom stereocenters. The standard InChI is InChI=1S/C5H3Cl2NO3/c6-5(7,4(9)10)3-8-1-2-11-3/h1-2H,(H,9,10). The fraction of sp³-hybridized carbons (Fsp3) is 0.200. The maximum Gasteiger partial charge on any atom is 0.350 e. The van der Waals surface area contributed by atoms with Crippen LogP contribution in [0, 0.1) is 0 Å². The second-order valence-corrected chi connectivity index (χ2v) is 3.04. The largest absolute Gasteiger partial charge is 0.479 e. The lowest BCUT2D eigenvalue weighted by atomic mass is 10.4. The van der Waals surface area contributed by atoms with Gasteiger partial charge in [0.25, 0.3) is 4.33 Å². The molecule has 1 heterocycles. The van der Waals surface area contributed by atoms with Gasteiger partial charge in [-0.3, -0.25) is 0 Å². The first kappa shape index (κ1) is 8.36. The van der Waals surface area contributed by atoms with Gasteiger partial charge in [0.15, 0.2) is 0 Å². The van der Waals surface area contributed by atoms with Crippen molar-refractivity contribution in [1.29, 1.82) is 0 Å². The zero-order valence-electron chi connectivity index (χ0n) is 5.12. The van der Waals surface area contributed by atoms with Crippen LogP contribution in [0.15, 0.2) is 16.9 Å². The number of rotatable bonds is 2. The molecule has 0 amide bonds. The van der Waals surface area contributed by atoms with Gasteiger partial charge in [0.2, 0.25) is 5.89 Å². The number of nitrogens with zero attached hydrogens (tertiary/aromatic N) is 1. The van der Waals surface area contributed by atoms with E-state index in [1.807, 2.05) is 0 Å².